The Morgan fingerprint density at radius 3 is 2.84 bits per heavy atom. The molecule has 1 fully saturated rings. The summed E-state index contributed by atoms with van der Waals surface area (Å²) in [5.41, 5.74) is 3.63. The zero-order valence-electron chi connectivity index (χ0n) is 16.2. The number of aryl methyl sites for hydroxylation is 1. The number of fused-ring (bicyclic) bond motifs is 1. The summed E-state index contributed by atoms with van der Waals surface area (Å²) in [6.07, 6.45) is -2.34. The molecule has 10 heteroatoms. The van der Waals surface area contributed by atoms with Gasteiger partial charge in [-0.1, -0.05) is 17.7 Å². The van der Waals surface area contributed by atoms with Crippen LogP contribution >= 0.6 is 11.6 Å². The van der Waals surface area contributed by atoms with E-state index in [0.717, 1.165) is 0 Å². The van der Waals surface area contributed by atoms with Crippen LogP contribution in [0.4, 0.5) is 13.2 Å². The van der Waals surface area contributed by atoms with E-state index in [1.54, 1.807) is 0 Å². The zero-order chi connectivity index (χ0) is 22.5. The van der Waals surface area contributed by atoms with Crippen LogP contribution in [0.1, 0.15) is 39.2 Å². The molecule has 0 radical (unpaired) electrons. The molecule has 1 aromatic carbocycles. The van der Waals surface area contributed by atoms with Gasteiger partial charge in [0.25, 0.3) is 12.4 Å². The Morgan fingerprint density at radius 2 is 2.19 bits per heavy atom. The normalized spacial score (nSPS) is 24.1. The van der Waals surface area contributed by atoms with Crippen molar-refractivity contribution in [3.05, 3.63) is 63.2 Å². The molecule has 2 aromatic rings. The van der Waals surface area contributed by atoms with E-state index in [0.29, 0.717) is 5.56 Å². The fourth-order valence-corrected chi connectivity index (χ4v) is 4.28. The predicted octanol–water partition coefficient (Wildman–Crippen LogP) is 3.67. The monoisotopic (exact) mass is 448 g/mol. The number of ketones is 1. The number of Topliss-reactive ketones (excluding diaryl/α,β-unsaturated/α-hetero) is 1. The minimum Gasteiger partial charge on any atom is -0.462 e. The minimum absolute atomic E-state index is 0.00483. The van der Waals surface area contributed by atoms with E-state index in [1.165, 1.54) is 31.3 Å². The molecule has 0 amide bonds. The fraction of sp³-hybridized carbons (Fsp3) is 0.333. The van der Waals surface area contributed by atoms with E-state index in [1.807, 2.05) is 6.07 Å². The first-order chi connectivity index (χ1) is 14.7. The van der Waals surface area contributed by atoms with Gasteiger partial charge in [-0.3, -0.25) is 9.78 Å². The molecular weight excluding hydrogens is 433 g/mol. The standard InChI is InChI=1S/C21H16ClF3N4O2/c1-9-2-10(5-15(30)18-14(22)4-11(7-26)8-28-18)3-13(17(9)23)21(19(24)25)12-6-16(12)31-20(27)29-21/h2-4,8,12,16,19H,5-6H2,1H3,(H2,27,29)/t12-,16+,21-/m0/s1. The smallest absolute Gasteiger partial charge is 0.283 e. The number of aromatic nitrogens is 1. The van der Waals surface area contributed by atoms with Gasteiger partial charge in [0.2, 0.25) is 0 Å². The van der Waals surface area contributed by atoms with Gasteiger partial charge in [0.1, 0.15) is 23.7 Å². The Hall–Kier alpha value is -3.12. The third-order valence-corrected chi connectivity index (χ3v) is 5.83. The summed E-state index contributed by atoms with van der Waals surface area (Å²) in [5.74, 6) is -2.04. The summed E-state index contributed by atoms with van der Waals surface area (Å²) in [5, 5.41) is 8.89. The Bertz CT molecular complexity index is 1160. The molecule has 1 saturated carbocycles. The van der Waals surface area contributed by atoms with Crippen molar-refractivity contribution >= 4 is 23.4 Å². The maximum absolute atomic E-state index is 15.1. The lowest BCUT2D eigenvalue weighted by Gasteiger charge is -2.33. The number of benzene rings is 1. The number of halogens is 4. The van der Waals surface area contributed by atoms with Gasteiger partial charge in [0.15, 0.2) is 11.3 Å². The van der Waals surface area contributed by atoms with Crippen molar-refractivity contribution in [1.29, 1.82) is 5.26 Å². The summed E-state index contributed by atoms with van der Waals surface area (Å²) >= 11 is 6.04. The quantitative estimate of drug-likeness (QED) is 0.703. The maximum Gasteiger partial charge on any atom is 0.283 e. The molecule has 4 rings (SSSR count). The van der Waals surface area contributed by atoms with E-state index in [9.17, 15) is 13.6 Å². The third kappa shape index (κ3) is 3.51. The van der Waals surface area contributed by atoms with Crippen LogP contribution in [0.25, 0.3) is 0 Å². The first-order valence-corrected chi connectivity index (χ1v) is 9.73. The predicted molar refractivity (Wildman–Crippen MR) is 105 cm³/mol. The Morgan fingerprint density at radius 1 is 1.45 bits per heavy atom. The Labute approximate surface area is 180 Å². The SMILES string of the molecule is Cc1cc(CC(=O)c2ncc(C#N)cc2Cl)cc([C@@]2(C(F)F)N=C(N)O[C@@H]3C[C@@H]32)c1F. The van der Waals surface area contributed by atoms with E-state index in [-0.39, 0.29) is 40.2 Å². The molecule has 1 aromatic heterocycles. The van der Waals surface area contributed by atoms with E-state index in [4.69, 9.17) is 27.3 Å². The molecule has 0 unspecified atom stereocenters. The van der Waals surface area contributed by atoms with E-state index in [2.05, 4.69) is 9.98 Å². The highest BCUT2D eigenvalue weighted by molar-refractivity contribution is 6.33. The van der Waals surface area contributed by atoms with Crippen LogP contribution in [0.2, 0.25) is 5.02 Å². The lowest BCUT2D eigenvalue weighted by molar-refractivity contribution is 0.0175. The van der Waals surface area contributed by atoms with Crippen LogP contribution in [0, 0.1) is 30.0 Å². The van der Waals surface area contributed by atoms with Gasteiger partial charge in [-0.05, 0) is 36.6 Å². The molecule has 1 aliphatic carbocycles. The number of aliphatic imine (C=N–C) groups is 1. The number of alkyl halides is 2. The van der Waals surface area contributed by atoms with Crippen LogP contribution in [0.5, 0.6) is 0 Å². The molecule has 2 N–H and O–H groups in total. The number of amidine groups is 1. The van der Waals surface area contributed by atoms with Gasteiger partial charge in [0.05, 0.1) is 10.6 Å². The Balaban J connectivity index is 1.75. The summed E-state index contributed by atoms with van der Waals surface area (Å²) in [6.45, 7) is 1.43. The van der Waals surface area contributed by atoms with Crippen molar-refractivity contribution in [3.63, 3.8) is 0 Å². The van der Waals surface area contributed by atoms with Gasteiger partial charge in [-0.25, -0.2) is 18.2 Å². The molecule has 0 saturated heterocycles. The second kappa shape index (κ2) is 7.54. The maximum atomic E-state index is 15.1. The molecule has 3 atom stereocenters. The van der Waals surface area contributed by atoms with Crippen LogP contribution in [-0.4, -0.2) is 29.3 Å². The van der Waals surface area contributed by atoms with Gasteiger partial charge >= 0.3 is 0 Å². The topological polar surface area (TPSA) is 101 Å². The van der Waals surface area contributed by atoms with Crippen molar-refractivity contribution < 1.29 is 22.7 Å². The molecule has 31 heavy (non-hydrogen) atoms. The van der Waals surface area contributed by atoms with Crippen molar-refractivity contribution in [3.8, 4) is 6.07 Å². The minimum atomic E-state index is -3.03. The average molecular weight is 449 g/mol. The number of nitrogens with two attached hydrogens (primary N) is 1. The molecule has 2 heterocycles. The number of nitrogens with zero attached hydrogens (tertiary/aromatic N) is 3. The summed E-state index contributed by atoms with van der Waals surface area (Å²) in [4.78, 5) is 20.5. The highest BCUT2D eigenvalue weighted by Crippen LogP contribution is 2.56. The van der Waals surface area contributed by atoms with Gasteiger partial charge in [0, 0.05) is 24.1 Å². The second-order valence-electron chi connectivity index (χ2n) is 7.62. The van der Waals surface area contributed by atoms with Crippen molar-refractivity contribution in [2.45, 2.75) is 37.8 Å². The lowest BCUT2D eigenvalue weighted by atomic mass is 9.82. The van der Waals surface area contributed by atoms with Crippen LogP contribution in [0.15, 0.2) is 29.4 Å². The first-order valence-electron chi connectivity index (χ1n) is 9.35. The number of nitriles is 1. The molecule has 6 nitrogen and oxygen atoms in total. The number of hydrogen-bond donors (Lipinski definition) is 1. The molecule has 160 valence electrons. The van der Waals surface area contributed by atoms with Gasteiger partial charge in [-0.15, -0.1) is 0 Å². The van der Waals surface area contributed by atoms with Crippen molar-refractivity contribution in [1.82, 2.24) is 4.98 Å². The molecule has 0 bridgehead atoms. The number of rotatable bonds is 5. The van der Waals surface area contributed by atoms with E-state index < -0.39 is 41.6 Å². The molecule has 0 spiro atoms. The number of hydrogen-bond acceptors (Lipinski definition) is 6. The highest BCUT2D eigenvalue weighted by Gasteiger charge is 2.64. The zero-order valence-corrected chi connectivity index (χ0v) is 17.0. The van der Waals surface area contributed by atoms with Crippen molar-refractivity contribution in [2.75, 3.05) is 0 Å². The summed E-state index contributed by atoms with van der Waals surface area (Å²) < 4.78 is 48.9. The number of carbonyl (C=O) groups excluding carboxylic acids is 1. The third-order valence-electron chi connectivity index (χ3n) is 5.54. The number of pyridine rings is 1. The van der Waals surface area contributed by atoms with E-state index >= 15 is 4.39 Å². The first kappa shape index (κ1) is 21.1. The molecule has 1 aliphatic heterocycles. The Kier molecular flexibility index (Phi) is 5.13. The molecule has 2 aliphatic rings. The largest absolute Gasteiger partial charge is 0.462 e. The summed E-state index contributed by atoms with van der Waals surface area (Å²) in [7, 11) is 0. The lowest BCUT2D eigenvalue weighted by Crippen LogP contribution is -2.43. The van der Waals surface area contributed by atoms with Crippen LogP contribution in [0.3, 0.4) is 0 Å². The van der Waals surface area contributed by atoms with Crippen LogP contribution in [-0.2, 0) is 16.7 Å². The second-order valence-corrected chi connectivity index (χ2v) is 8.02. The average Bonchev–Trinajstić information content (AvgIpc) is 3.49. The van der Waals surface area contributed by atoms with Crippen molar-refractivity contribution in [2.24, 2.45) is 16.6 Å². The van der Waals surface area contributed by atoms with Gasteiger partial charge < -0.3 is 10.5 Å². The van der Waals surface area contributed by atoms with Crippen LogP contribution < -0.4 is 5.73 Å². The van der Waals surface area contributed by atoms with Gasteiger partial charge in [-0.2, -0.15) is 5.26 Å². The number of carbonyl (C=O) groups is 1. The highest BCUT2D eigenvalue weighted by atomic mass is 35.5. The fourth-order valence-electron chi connectivity index (χ4n) is 4.01. The molecular formula is C21H16ClF3N4O2. The summed E-state index contributed by atoms with van der Waals surface area (Å²) in [6, 6.07) is 5.39. The number of ether oxygens (including phenoxy) is 1.